The average molecular weight is 488 g/mol. The van der Waals surface area contributed by atoms with Crippen molar-refractivity contribution in [2.24, 2.45) is 7.05 Å². The Morgan fingerprint density at radius 2 is 1.79 bits per heavy atom. The van der Waals surface area contributed by atoms with Gasteiger partial charge >= 0.3 is 6.03 Å². The number of hydrazine groups is 1. The van der Waals surface area contributed by atoms with E-state index in [1.165, 1.54) is 21.1 Å². The number of carbonyl (C=O) groups is 3. The van der Waals surface area contributed by atoms with Gasteiger partial charge in [0.25, 0.3) is 11.8 Å². The van der Waals surface area contributed by atoms with E-state index >= 15 is 0 Å². The van der Waals surface area contributed by atoms with E-state index in [0.717, 1.165) is 24.8 Å². The fraction of sp³-hybridized carbons (Fsp3) is 0.435. The molecule has 11 heteroatoms. The monoisotopic (exact) mass is 487 g/mol. The van der Waals surface area contributed by atoms with E-state index in [1.54, 1.807) is 14.0 Å². The molecule has 0 spiro atoms. The zero-order valence-electron chi connectivity index (χ0n) is 19.3. The lowest BCUT2D eigenvalue weighted by Gasteiger charge is -2.25. The highest BCUT2D eigenvalue weighted by Crippen LogP contribution is 2.24. The third kappa shape index (κ3) is 4.58. The summed E-state index contributed by atoms with van der Waals surface area (Å²) in [4.78, 5) is 38.4. The Labute approximate surface area is 198 Å². The van der Waals surface area contributed by atoms with Crippen molar-refractivity contribution >= 4 is 27.9 Å². The highest BCUT2D eigenvalue weighted by Gasteiger charge is 2.48. The Kier molecular flexibility index (Phi) is 6.50. The number of carbonyl (C=O) groups excluding carboxylic acids is 3. The number of aryl methyl sites for hydroxylation is 2. The molecule has 3 heterocycles. The van der Waals surface area contributed by atoms with Gasteiger partial charge in [0.1, 0.15) is 16.1 Å². The lowest BCUT2D eigenvalue weighted by atomic mass is 9.93. The van der Waals surface area contributed by atoms with Crippen LogP contribution in [0.1, 0.15) is 48.7 Å². The first-order chi connectivity index (χ1) is 16.1. The van der Waals surface area contributed by atoms with Gasteiger partial charge in [0.2, 0.25) is 10.0 Å². The van der Waals surface area contributed by atoms with Crippen molar-refractivity contribution in [1.82, 2.24) is 24.6 Å². The van der Waals surface area contributed by atoms with Crippen LogP contribution in [-0.4, -0.2) is 58.8 Å². The van der Waals surface area contributed by atoms with Crippen molar-refractivity contribution in [3.05, 3.63) is 53.9 Å². The highest BCUT2D eigenvalue weighted by atomic mass is 32.2. The minimum Gasteiger partial charge on any atom is -0.345 e. The number of hydrogen-bond donors (Lipinski definition) is 2. The lowest BCUT2D eigenvalue weighted by molar-refractivity contribution is -0.132. The van der Waals surface area contributed by atoms with E-state index in [-0.39, 0.29) is 10.6 Å². The molecule has 1 aromatic heterocycles. The summed E-state index contributed by atoms with van der Waals surface area (Å²) in [5, 5.41) is 3.32. The predicted octanol–water partition coefficient (Wildman–Crippen LogP) is 1.79. The number of urea groups is 1. The summed E-state index contributed by atoms with van der Waals surface area (Å²) in [6.07, 6.45) is 4.89. The van der Waals surface area contributed by atoms with Crippen LogP contribution in [0.3, 0.4) is 0 Å². The van der Waals surface area contributed by atoms with Crippen molar-refractivity contribution in [2.75, 3.05) is 13.1 Å². The first-order valence-electron chi connectivity index (χ1n) is 11.3. The number of aromatic nitrogens is 1. The minimum atomic E-state index is -3.73. The maximum Gasteiger partial charge on any atom is 0.344 e. The Balaban J connectivity index is 1.46. The summed E-state index contributed by atoms with van der Waals surface area (Å²) in [5.74, 6) is -1.32. The number of amides is 4. The number of piperidine rings is 1. The molecule has 0 aliphatic carbocycles. The predicted molar refractivity (Wildman–Crippen MR) is 124 cm³/mol. The fourth-order valence-electron chi connectivity index (χ4n) is 4.31. The molecule has 2 aliphatic heterocycles. The molecule has 1 atom stereocenters. The molecule has 4 rings (SSSR count). The van der Waals surface area contributed by atoms with Crippen LogP contribution in [0.25, 0.3) is 0 Å². The van der Waals surface area contributed by atoms with E-state index in [1.807, 2.05) is 30.3 Å². The van der Waals surface area contributed by atoms with E-state index in [0.29, 0.717) is 30.9 Å². The molecule has 2 aromatic rings. The topological polar surface area (TPSA) is 121 Å². The molecule has 2 aliphatic rings. The van der Waals surface area contributed by atoms with Crippen LogP contribution in [0.4, 0.5) is 4.79 Å². The first-order valence-corrected chi connectivity index (χ1v) is 12.7. The lowest BCUT2D eigenvalue weighted by Crippen LogP contribution is -2.49. The van der Waals surface area contributed by atoms with Gasteiger partial charge in [-0.05, 0) is 44.2 Å². The number of imide groups is 1. The van der Waals surface area contributed by atoms with E-state index in [2.05, 4.69) is 10.7 Å². The molecule has 34 heavy (non-hydrogen) atoms. The van der Waals surface area contributed by atoms with Crippen molar-refractivity contribution in [1.29, 1.82) is 0 Å². The van der Waals surface area contributed by atoms with Gasteiger partial charge in [-0.25, -0.2) is 13.2 Å². The van der Waals surface area contributed by atoms with Gasteiger partial charge in [0, 0.05) is 26.3 Å². The fourth-order valence-corrected chi connectivity index (χ4v) is 5.90. The summed E-state index contributed by atoms with van der Waals surface area (Å²) in [6, 6.07) is 10.1. The van der Waals surface area contributed by atoms with Crippen molar-refractivity contribution in [2.45, 2.75) is 49.5 Å². The Bertz CT molecular complexity index is 1200. The molecule has 1 aromatic carbocycles. The number of hydrogen-bond acceptors (Lipinski definition) is 5. The molecule has 0 radical (unpaired) electrons. The normalized spacial score (nSPS) is 21.5. The van der Waals surface area contributed by atoms with E-state index < -0.39 is 33.4 Å². The van der Waals surface area contributed by atoms with Crippen LogP contribution < -0.4 is 10.7 Å². The summed E-state index contributed by atoms with van der Waals surface area (Å²) in [5.41, 5.74) is 2.22. The summed E-state index contributed by atoms with van der Waals surface area (Å²) in [7, 11) is -2.18. The average Bonchev–Trinajstić information content (AvgIpc) is 3.32. The molecule has 0 saturated carbocycles. The summed E-state index contributed by atoms with van der Waals surface area (Å²) >= 11 is 0. The molecule has 4 amide bonds. The number of sulfonamides is 1. The largest absolute Gasteiger partial charge is 0.345 e. The van der Waals surface area contributed by atoms with Gasteiger partial charge in [0.15, 0.2) is 0 Å². The zero-order chi connectivity index (χ0) is 24.5. The maximum atomic E-state index is 13.0. The molecule has 182 valence electrons. The van der Waals surface area contributed by atoms with Gasteiger partial charge in [-0.1, -0.05) is 36.8 Å². The van der Waals surface area contributed by atoms with Gasteiger partial charge in [-0.3, -0.25) is 15.0 Å². The Hall–Kier alpha value is -3.18. The van der Waals surface area contributed by atoms with E-state index in [9.17, 15) is 22.8 Å². The minimum absolute atomic E-state index is 0.00643. The first kappa shape index (κ1) is 24.0. The van der Waals surface area contributed by atoms with Crippen LogP contribution in [0.5, 0.6) is 0 Å². The maximum absolute atomic E-state index is 13.0. The van der Waals surface area contributed by atoms with Gasteiger partial charge < -0.3 is 9.88 Å². The van der Waals surface area contributed by atoms with Gasteiger partial charge in [-0.2, -0.15) is 9.31 Å². The van der Waals surface area contributed by atoms with Crippen LogP contribution >= 0.6 is 0 Å². The SMILES string of the molecule is Cn1cc(S(=O)(=O)N2CCCCC2)cc1C(=O)NN1C(=O)NC(C)(CCc2ccccc2)C1=O. The third-order valence-corrected chi connectivity index (χ3v) is 8.26. The molecule has 10 nitrogen and oxygen atoms in total. The quantitative estimate of drug-likeness (QED) is 0.577. The van der Waals surface area contributed by atoms with Crippen LogP contribution in [0.2, 0.25) is 0 Å². The number of benzene rings is 1. The molecule has 2 fully saturated rings. The molecule has 2 saturated heterocycles. The second kappa shape index (κ2) is 9.22. The number of nitrogens with zero attached hydrogens (tertiary/aromatic N) is 3. The second-order valence-corrected chi connectivity index (χ2v) is 10.9. The van der Waals surface area contributed by atoms with Crippen LogP contribution in [-0.2, 0) is 28.3 Å². The smallest absolute Gasteiger partial charge is 0.344 e. The van der Waals surface area contributed by atoms with Crippen LogP contribution in [0, 0.1) is 0 Å². The summed E-state index contributed by atoms with van der Waals surface area (Å²) in [6.45, 7) is 2.51. The standard InChI is InChI=1S/C23H29N5O5S/c1-23(12-11-17-9-5-3-6-10-17)21(30)28(22(31)24-23)25-20(29)19-15-18(16-26(19)2)34(32,33)27-13-7-4-8-14-27/h3,5-6,9-10,15-16H,4,7-8,11-14H2,1-2H3,(H,24,31)(H,25,29). The van der Waals surface area contributed by atoms with E-state index in [4.69, 9.17) is 0 Å². The summed E-state index contributed by atoms with van der Waals surface area (Å²) < 4.78 is 28.7. The molecular weight excluding hydrogens is 458 g/mol. The molecule has 1 unspecified atom stereocenters. The third-order valence-electron chi connectivity index (χ3n) is 6.40. The number of nitrogens with one attached hydrogen (secondary N) is 2. The number of rotatable bonds is 7. The second-order valence-electron chi connectivity index (χ2n) is 8.97. The van der Waals surface area contributed by atoms with Crippen molar-refractivity contribution < 1.29 is 22.8 Å². The molecule has 0 bridgehead atoms. The molecular formula is C23H29N5O5S. The molecule has 2 N–H and O–H groups in total. The van der Waals surface area contributed by atoms with Crippen molar-refractivity contribution in [3.63, 3.8) is 0 Å². The highest BCUT2D eigenvalue weighted by molar-refractivity contribution is 7.89. The van der Waals surface area contributed by atoms with Gasteiger partial charge in [0.05, 0.1) is 0 Å². The van der Waals surface area contributed by atoms with Gasteiger partial charge in [-0.15, -0.1) is 0 Å². The Morgan fingerprint density at radius 3 is 2.47 bits per heavy atom. The van der Waals surface area contributed by atoms with Crippen molar-refractivity contribution in [3.8, 4) is 0 Å². The van der Waals surface area contributed by atoms with Crippen LogP contribution in [0.15, 0.2) is 47.5 Å². The zero-order valence-corrected chi connectivity index (χ0v) is 20.1. The Morgan fingerprint density at radius 1 is 1.12 bits per heavy atom.